The number of benzene rings is 2. The Hall–Kier alpha value is -3.73. The Bertz CT molecular complexity index is 1390. The van der Waals surface area contributed by atoms with Crippen LogP contribution in [0.15, 0.2) is 47.5 Å². The highest BCUT2D eigenvalue weighted by Gasteiger charge is 2.17. The minimum atomic E-state index is -3.44. The van der Waals surface area contributed by atoms with Gasteiger partial charge < -0.3 is 15.4 Å². The molecule has 2 aromatic heterocycles. The first-order chi connectivity index (χ1) is 14.8. The van der Waals surface area contributed by atoms with Crippen molar-refractivity contribution in [1.29, 1.82) is 0 Å². The summed E-state index contributed by atoms with van der Waals surface area (Å²) in [6.45, 7) is 0. The van der Waals surface area contributed by atoms with E-state index in [1.807, 2.05) is 0 Å². The molecule has 2 heterocycles. The van der Waals surface area contributed by atoms with Crippen LogP contribution in [-0.2, 0) is 9.84 Å². The maximum atomic E-state index is 14.0. The average Bonchev–Trinajstić information content (AvgIpc) is 3.18. The summed E-state index contributed by atoms with van der Waals surface area (Å²) in [5.74, 6) is 0.662. The number of H-pyrrole nitrogens is 1. The van der Waals surface area contributed by atoms with Crippen molar-refractivity contribution in [3.05, 3.63) is 48.4 Å². The summed E-state index contributed by atoms with van der Waals surface area (Å²) >= 11 is 0. The number of para-hydroxylation sites is 1. The highest BCUT2D eigenvalue weighted by atomic mass is 32.2. The fourth-order valence-electron chi connectivity index (χ4n) is 3.12. The molecule has 0 fully saturated rings. The molecular formula is C20H19FN6O3S. The standard InChI is InChI=1S/C20H19FN6O3S/c1-22-19-15(17-14-5-4-6-16(21)18(14)27-26-17)10-23-20(25-19)24-11-7-12(30-2)9-13(8-11)31(3,28)29/h4-10H,1-3H3,(H,26,27)(H2,22,23,24,25). The second-order valence-electron chi connectivity index (χ2n) is 6.73. The Morgan fingerprint density at radius 3 is 2.71 bits per heavy atom. The number of hydrogen-bond donors (Lipinski definition) is 3. The SMILES string of the molecule is CNc1nc(Nc2cc(OC)cc(S(C)(=O)=O)c2)ncc1-c1n[nH]c2c(F)cccc12. The molecule has 0 amide bonds. The smallest absolute Gasteiger partial charge is 0.229 e. The van der Waals surface area contributed by atoms with E-state index in [1.165, 1.54) is 25.3 Å². The molecule has 0 spiro atoms. The highest BCUT2D eigenvalue weighted by Crippen LogP contribution is 2.32. The van der Waals surface area contributed by atoms with Crippen molar-refractivity contribution in [3.8, 4) is 17.0 Å². The normalized spacial score (nSPS) is 11.5. The molecule has 0 radical (unpaired) electrons. The molecular weight excluding hydrogens is 423 g/mol. The van der Waals surface area contributed by atoms with Crippen LogP contribution in [0, 0.1) is 5.82 Å². The first-order valence-electron chi connectivity index (χ1n) is 9.14. The lowest BCUT2D eigenvalue weighted by Crippen LogP contribution is -2.04. The van der Waals surface area contributed by atoms with E-state index < -0.39 is 15.7 Å². The molecule has 4 rings (SSSR count). The third-order valence-electron chi connectivity index (χ3n) is 4.63. The lowest BCUT2D eigenvalue weighted by Gasteiger charge is -2.12. The number of fused-ring (bicyclic) bond motifs is 1. The molecule has 9 nitrogen and oxygen atoms in total. The van der Waals surface area contributed by atoms with Gasteiger partial charge in [0.15, 0.2) is 9.84 Å². The predicted octanol–water partition coefficient (Wildman–Crippen LogP) is 3.36. The average molecular weight is 442 g/mol. The predicted molar refractivity (Wildman–Crippen MR) is 116 cm³/mol. The van der Waals surface area contributed by atoms with Gasteiger partial charge in [0, 0.05) is 36.6 Å². The van der Waals surface area contributed by atoms with Crippen LogP contribution in [-0.4, -0.2) is 49.0 Å². The Kier molecular flexibility index (Phi) is 5.19. The number of rotatable bonds is 6. The lowest BCUT2D eigenvalue weighted by atomic mass is 10.1. The van der Waals surface area contributed by atoms with E-state index in [1.54, 1.807) is 31.4 Å². The summed E-state index contributed by atoms with van der Waals surface area (Å²) in [7, 11) is -0.295. The van der Waals surface area contributed by atoms with E-state index in [0.717, 1.165) is 6.26 Å². The maximum absolute atomic E-state index is 14.0. The highest BCUT2D eigenvalue weighted by molar-refractivity contribution is 7.90. The van der Waals surface area contributed by atoms with Gasteiger partial charge in [-0.15, -0.1) is 0 Å². The number of aromatic nitrogens is 4. The number of ether oxygens (including phenoxy) is 1. The zero-order chi connectivity index (χ0) is 22.2. The van der Waals surface area contributed by atoms with Crippen molar-refractivity contribution >= 4 is 38.2 Å². The van der Waals surface area contributed by atoms with Gasteiger partial charge in [-0.1, -0.05) is 12.1 Å². The first-order valence-corrected chi connectivity index (χ1v) is 11.0. The van der Waals surface area contributed by atoms with Crippen LogP contribution in [0.2, 0.25) is 0 Å². The molecule has 31 heavy (non-hydrogen) atoms. The molecule has 11 heteroatoms. The van der Waals surface area contributed by atoms with Gasteiger partial charge >= 0.3 is 0 Å². The molecule has 0 unspecified atom stereocenters. The summed E-state index contributed by atoms with van der Waals surface area (Å²) < 4.78 is 43.1. The third kappa shape index (κ3) is 3.99. The Morgan fingerprint density at radius 2 is 2.00 bits per heavy atom. The molecule has 3 N–H and O–H groups in total. The number of hydrogen-bond acceptors (Lipinski definition) is 8. The van der Waals surface area contributed by atoms with Crippen LogP contribution in [0.4, 0.5) is 21.8 Å². The quantitative estimate of drug-likeness (QED) is 0.416. The maximum Gasteiger partial charge on any atom is 0.229 e. The van der Waals surface area contributed by atoms with Crippen LogP contribution < -0.4 is 15.4 Å². The van der Waals surface area contributed by atoms with Gasteiger partial charge in [0.25, 0.3) is 0 Å². The molecule has 160 valence electrons. The molecule has 0 saturated heterocycles. The minimum absolute atomic E-state index is 0.102. The Balaban J connectivity index is 1.73. The third-order valence-corrected chi connectivity index (χ3v) is 5.72. The van der Waals surface area contributed by atoms with Gasteiger partial charge in [-0.2, -0.15) is 10.1 Å². The number of anilines is 3. The zero-order valence-corrected chi connectivity index (χ0v) is 17.7. The van der Waals surface area contributed by atoms with Gasteiger partial charge in [-0.05, 0) is 18.2 Å². The van der Waals surface area contributed by atoms with Crippen LogP contribution in [0.25, 0.3) is 22.2 Å². The fraction of sp³-hybridized carbons (Fsp3) is 0.150. The molecule has 0 bridgehead atoms. The van der Waals surface area contributed by atoms with E-state index in [4.69, 9.17) is 4.74 Å². The Labute approximate surface area is 177 Å². The summed E-state index contributed by atoms with van der Waals surface area (Å²) in [5, 5.41) is 13.5. The molecule has 2 aromatic carbocycles. The van der Waals surface area contributed by atoms with Crippen molar-refractivity contribution in [2.24, 2.45) is 0 Å². The van der Waals surface area contributed by atoms with E-state index >= 15 is 0 Å². The van der Waals surface area contributed by atoms with E-state index in [-0.39, 0.29) is 10.8 Å². The number of sulfone groups is 1. The largest absolute Gasteiger partial charge is 0.497 e. The van der Waals surface area contributed by atoms with E-state index in [9.17, 15) is 12.8 Å². The van der Waals surface area contributed by atoms with Crippen molar-refractivity contribution in [3.63, 3.8) is 0 Å². The summed E-state index contributed by atoms with van der Waals surface area (Å²) in [4.78, 5) is 8.86. The fourth-order valence-corrected chi connectivity index (χ4v) is 3.79. The van der Waals surface area contributed by atoms with Gasteiger partial charge in [0.1, 0.15) is 28.6 Å². The summed E-state index contributed by atoms with van der Waals surface area (Å²) in [5.41, 5.74) is 1.83. The van der Waals surface area contributed by atoms with Crippen LogP contribution >= 0.6 is 0 Å². The van der Waals surface area contributed by atoms with E-state index in [0.29, 0.717) is 39.4 Å². The van der Waals surface area contributed by atoms with Crippen molar-refractivity contribution in [2.75, 3.05) is 31.0 Å². The molecule has 0 aliphatic carbocycles. The second-order valence-corrected chi connectivity index (χ2v) is 8.75. The van der Waals surface area contributed by atoms with Crippen LogP contribution in [0.1, 0.15) is 0 Å². The zero-order valence-electron chi connectivity index (χ0n) is 16.9. The summed E-state index contributed by atoms with van der Waals surface area (Å²) in [6, 6.07) is 9.25. The molecule has 0 aliphatic rings. The van der Waals surface area contributed by atoms with Gasteiger partial charge in [-0.25, -0.2) is 17.8 Å². The minimum Gasteiger partial charge on any atom is -0.497 e. The van der Waals surface area contributed by atoms with Gasteiger partial charge in [0.05, 0.1) is 17.6 Å². The van der Waals surface area contributed by atoms with Crippen molar-refractivity contribution < 1.29 is 17.5 Å². The van der Waals surface area contributed by atoms with Gasteiger partial charge in [-0.3, -0.25) is 5.10 Å². The van der Waals surface area contributed by atoms with Crippen molar-refractivity contribution in [1.82, 2.24) is 20.2 Å². The number of nitrogens with one attached hydrogen (secondary N) is 3. The second kappa shape index (κ2) is 7.84. The number of aromatic amines is 1. The number of methoxy groups -OCH3 is 1. The van der Waals surface area contributed by atoms with Gasteiger partial charge in [0.2, 0.25) is 5.95 Å². The molecule has 4 aromatic rings. The topological polar surface area (TPSA) is 122 Å². The number of nitrogens with zero attached hydrogens (tertiary/aromatic N) is 3. The molecule has 0 atom stereocenters. The molecule has 0 aliphatic heterocycles. The summed E-state index contributed by atoms with van der Waals surface area (Å²) in [6.07, 6.45) is 2.67. The number of halogens is 1. The van der Waals surface area contributed by atoms with Crippen LogP contribution in [0.3, 0.4) is 0 Å². The first kappa shape index (κ1) is 20.5. The monoisotopic (exact) mass is 442 g/mol. The Morgan fingerprint density at radius 1 is 1.19 bits per heavy atom. The lowest BCUT2D eigenvalue weighted by molar-refractivity contribution is 0.413. The van der Waals surface area contributed by atoms with E-state index in [2.05, 4.69) is 30.8 Å². The van der Waals surface area contributed by atoms with Crippen LogP contribution in [0.5, 0.6) is 5.75 Å². The molecule has 0 saturated carbocycles. The van der Waals surface area contributed by atoms with Crippen molar-refractivity contribution in [2.45, 2.75) is 4.90 Å².